The number of hydrogen-bond acceptors (Lipinski definition) is 6. The van der Waals surface area contributed by atoms with Crippen LogP contribution in [0.5, 0.6) is 5.75 Å². The van der Waals surface area contributed by atoms with Crippen molar-refractivity contribution in [2.45, 2.75) is 25.4 Å². The predicted molar refractivity (Wildman–Crippen MR) is 157 cm³/mol. The lowest BCUT2D eigenvalue weighted by atomic mass is 10.0. The van der Waals surface area contributed by atoms with Gasteiger partial charge in [-0.05, 0) is 72.9 Å². The van der Waals surface area contributed by atoms with Crippen LogP contribution in [0, 0.1) is 0 Å². The molecule has 204 valence electrons. The largest absolute Gasteiger partial charge is 0.494 e. The van der Waals surface area contributed by atoms with Gasteiger partial charge < -0.3 is 29.6 Å². The molecule has 1 fully saturated rings. The lowest BCUT2D eigenvalue weighted by Crippen LogP contribution is -2.30. The van der Waals surface area contributed by atoms with Crippen LogP contribution in [-0.4, -0.2) is 40.8 Å². The molecule has 5 rings (SSSR count). The molecule has 1 amide bonds. The molecule has 40 heavy (non-hydrogen) atoms. The number of ether oxygens (including phenoxy) is 2. The maximum absolute atomic E-state index is 12.1. The van der Waals surface area contributed by atoms with Crippen molar-refractivity contribution in [3.05, 3.63) is 102 Å². The molecule has 10 heteroatoms. The van der Waals surface area contributed by atoms with E-state index in [2.05, 4.69) is 20.2 Å². The highest BCUT2D eigenvalue weighted by molar-refractivity contribution is 7.80. The van der Waals surface area contributed by atoms with Crippen molar-refractivity contribution in [1.82, 2.24) is 14.9 Å². The van der Waals surface area contributed by atoms with Crippen LogP contribution < -0.4 is 20.3 Å². The maximum Gasteiger partial charge on any atom is 0.337 e. The summed E-state index contributed by atoms with van der Waals surface area (Å²) in [6.07, 6.45) is 4.09. The molecule has 1 aliphatic heterocycles. The van der Waals surface area contributed by atoms with Crippen molar-refractivity contribution < 1.29 is 19.1 Å². The lowest BCUT2D eigenvalue weighted by molar-refractivity contribution is -0.115. The van der Waals surface area contributed by atoms with Crippen molar-refractivity contribution in [2.75, 3.05) is 24.4 Å². The number of thiocarbonyl (C=S) groups is 1. The summed E-state index contributed by atoms with van der Waals surface area (Å²) >= 11 is 5.89. The fourth-order valence-electron chi connectivity index (χ4n) is 4.85. The van der Waals surface area contributed by atoms with Gasteiger partial charge in [0.1, 0.15) is 11.8 Å². The normalized spacial score (nSPS) is 16.4. The first kappa shape index (κ1) is 26.9. The van der Waals surface area contributed by atoms with Crippen LogP contribution >= 0.6 is 12.2 Å². The Morgan fingerprint density at radius 1 is 1.02 bits per heavy atom. The summed E-state index contributed by atoms with van der Waals surface area (Å²) < 4.78 is 12.6. The molecule has 4 aromatic rings. The Bertz CT molecular complexity index is 1540. The molecule has 0 radical (unpaired) electrons. The predicted octanol–water partition coefficient (Wildman–Crippen LogP) is 5.19. The fourth-order valence-corrected chi connectivity index (χ4v) is 5.20. The highest BCUT2D eigenvalue weighted by Crippen LogP contribution is 2.43. The number of esters is 1. The number of anilines is 2. The molecular weight excluding hydrogens is 526 g/mol. The number of carbonyl (C=O) groups is 2. The first-order valence-corrected chi connectivity index (χ1v) is 13.2. The maximum atomic E-state index is 12.1. The van der Waals surface area contributed by atoms with E-state index in [-0.39, 0.29) is 18.0 Å². The number of nitrogens with one attached hydrogen (secondary N) is 2. The Morgan fingerprint density at radius 2 is 1.80 bits per heavy atom. The highest BCUT2D eigenvalue weighted by atomic mass is 32.1. The molecule has 9 nitrogen and oxygen atoms in total. The molecule has 0 unspecified atom stereocenters. The average molecular weight is 556 g/mol. The zero-order chi connectivity index (χ0) is 28.2. The van der Waals surface area contributed by atoms with E-state index < -0.39 is 5.97 Å². The number of pyridine rings is 1. The minimum Gasteiger partial charge on any atom is -0.494 e. The summed E-state index contributed by atoms with van der Waals surface area (Å²) in [7, 11) is 2.93. The van der Waals surface area contributed by atoms with E-state index in [1.165, 1.54) is 7.11 Å². The number of benzene rings is 2. The van der Waals surface area contributed by atoms with Gasteiger partial charge in [0, 0.05) is 41.9 Å². The molecule has 0 aliphatic carbocycles. The van der Waals surface area contributed by atoms with Gasteiger partial charge >= 0.3 is 5.97 Å². The summed E-state index contributed by atoms with van der Waals surface area (Å²) in [5.74, 6) is 0.0306. The smallest absolute Gasteiger partial charge is 0.337 e. The Morgan fingerprint density at radius 3 is 2.48 bits per heavy atom. The van der Waals surface area contributed by atoms with E-state index in [0.717, 1.165) is 22.8 Å². The minimum absolute atomic E-state index is 0.103. The molecule has 0 spiro atoms. The van der Waals surface area contributed by atoms with E-state index in [1.54, 1.807) is 32.4 Å². The van der Waals surface area contributed by atoms with Crippen LogP contribution in [0.25, 0.3) is 5.69 Å². The van der Waals surface area contributed by atoms with Crippen LogP contribution in [0.15, 0.2) is 85.2 Å². The Hall–Kier alpha value is -4.70. The van der Waals surface area contributed by atoms with Gasteiger partial charge in [-0.25, -0.2) is 4.79 Å². The monoisotopic (exact) mass is 555 g/mol. The van der Waals surface area contributed by atoms with Gasteiger partial charge in [-0.15, -0.1) is 0 Å². The van der Waals surface area contributed by atoms with E-state index in [1.807, 2.05) is 71.8 Å². The summed E-state index contributed by atoms with van der Waals surface area (Å²) in [5, 5.41) is 6.88. The van der Waals surface area contributed by atoms with Crippen LogP contribution in [-0.2, 0) is 9.53 Å². The summed E-state index contributed by atoms with van der Waals surface area (Å²) in [4.78, 5) is 30.7. The third-order valence-corrected chi connectivity index (χ3v) is 7.12. The number of aromatic nitrogens is 2. The van der Waals surface area contributed by atoms with Crippen molar-refractivity contribution in [1.29, 1.82) is 0 Å². The van der Waals surface area contributed by atoms with Crippen LogP contribution in [0.1, 0.15) is 47.2 Å². The fraction of sp³-hybridized carbons (Fsp3) is 0.200. The van der Waals surface area contributed by atoms with Gasteiger partial charge in [0.25, 0.3) is 0 Å². The van der Waals surface area contributed by atoms with E-state index in [0.29, 0.717) is 28.5 Å². The van der Waals surface area contributed by atoms with Gasteiger partial charge in [0.05, 0.1) is 37.2 Å². The molecule has 2 aromatic heterocycles. The Balaban J connectivity index is 1.60. The molecule has 1 aliphatic rings. The number of amides is 1. The minimum atomic E-state index is -0.390. The van der Waals surface area contributed by atoms with E-state index >= 15 is 0 Å². The highest BCUT2D eigenvalue weighted by Gasteiger charge is 2.42. The topological polar surface area (TPSA) is 97.7 Å². The van der Waals surface area contributed by atoms with Crippen molar-refractivity contribution in [3.63, 3.8) is 0 Å². The standard InChI is InChI=1S/C30H29N5O4S/c1-4-26(36)32-22-15-14-21(18-25(22)38-2)35-28(27(33-30(35)40)23-8-5-6-16-31-23)24-9-7-17-34(24)20-12-10-19(11-13-20)29(37)39-3/h5-18,27-28H,4H2,1-3H3,(H,32,36)(H,33,40)/t27-,28+/m1/s1. The molecule has 2 atom stereocenters. The summed E-state index contributed by atoms with van der Waals surface area (Å²) in [6.45, 7) is 1.80. The second-order valence-electron chi connectivity index (χ2n) is 9.12. The number of rotatable bonds is 8. The van der Waals surface area contributed by atoms with Gasteiger partial charge in [-0.2, -0.15) is 0 Å². The van der Waals surface area contributed by atoms with Crippen molar-refractivity contribution >= 4 is 40.6 Å². The Labute approximate surface area is 237 Å². The number of nitrogens with zero attached hydrogens (tertiary/aromatic N) is 3. The molecule has 3 heterocycles. The van der Waals surface area contributed by atoms with Gasteiger partial charge in [0.2, 0.25) is 5.91 Å². The van der Waals surface area contributed by atoms with Crippen LogP contribution in [0.2, 0.25) is 0 Å². The molecule has 1 saturated heterocycles. The number of hydrogen-bond donors (Lipinski definition) is 2. The van der Waals surface area contributed by atoms with Gasteiger partial charge in [-0.3, -0.25) is 9.78 Å². The third kappa shape index (κ3) is 5.13. The quantitative estimate of drug-likeness (QED) is 0.226. The van der Waals surface area contributed by atoms with E-state index in [9.17, 15) is 9.59 Å². The van der Waals surface area contributed by atoms with Gasteiger partial charge in [0.15, 0.2) is 5.11 Å². The molecule has 2 aromatic carbocycles. The number of methoxy groups -OCH3 is 2. The summed E-state index contributed by atoms with van der Waals surface area (Å²) in [5.41, 5.74) is 4.52. The lowest BCUT2D eigenvalue weighted by Gasteiger charge is -2.29. The van der Waals surface area contributed by atoms with Crippen molar-refractivity contribution in [3.8, 4) is 11.4 Å². The second kappa shape index (κ2) is 11.6. The van der Waals surface area contributed by atoms with E-state index in [4.69, 9.17) is 21.7 Å². The van der Waals surface area contributed by atoms with Crippen molar-refractivity contribution in [2.24, 2.45) is 0 Å². The van der Waals surface area contributed by atoms with Gasteiger partial charge in [-0.1, -0.05) is 13.0 Å². The van der Waals surface area contributed by atoms with Crippen LogP contribution in [0.3, 0.4) is 0 Å². The molecule has 0 bridgehead atoms. The molecular formula is C30H29N5O4S. The first-order valence-electron chi connectivity index (χ1n) is 12.8. The third-order valence-electron chi connectivity index (χ3n) is 6.81. The molecule has 2 N–H and O–H groups in total. The Kier molecular flexibility index (Phi) is 7.79. The SMILES string of the molecule is CCC(=O)Nc1ccc(N2C(=S)N[C@H](c3ccccn3)[C@@H]2c2cccn2-c2ccc(C(=O)OC)cc2)cc1OC. The van der Waals surface area contributed by atoms with Crippen LogP contribution in [0.4, 0.5) is 11.4 Å². The second-order valence-corrected chi connectivity index (χ2v) is 9.51. The molecule has 0 saturated carbocycles. The first-order chi connectivity index (χ1) is 19.4. The zero-order valence-electron chi connectivity index (χ0n) is 22.3. The number of carbonyl (C=O) groups excluding carboxylic acids is 2. The zero-order valence-corrected chi connectivity index (χ0v) is 23.1. The summed E-state index contributed by atoms with van der Waals surface area (Å²) in [6, 6.07) is 22.1. The average Bonchev–Trinajstić information content (AvgIpc) is 3.61.